The lowest BCUT2D eigenvalue weighted by molar-refractivity contribution is -0.120. The molecule has 7 heteroatoms. The standard InChI is InChI=1S/C18H23N3O4/c1-3-25-18(24)19-12-16(22)20-13(2)8-9-17(23)21-11-10-14-6-4-5-7-15(14)21/h4-9,13H,3,10-12H2,1-2H3,(H,19,24)(H,20,22)/b9-8+/t13-/m0/s1. The van der Waals surface area contributed by atoms with Gasteiger partial charge >= 0.3 is 6.09 Å². The zero-order valence-electron chi connectivity index (χ0n) is 14.5. The molecule has 1 aliphatic heterocycles. The summed E-state index contributed by atoms with van der Waals surface area (Å²) < 4.78 is 4.67. The second-order valence-corrected chi connectivity index (χ2v) is 5.66. The number of ether oxygens (including phenoxy) is 1. The monoisotopic (exact) mass is 345 g/mol. The number of fused-ring (bicyclic) bond motifs is 1. The van der Waals surface area contributed by atoms with E-state index in [4.69, 9.17) is 0 Å². The van der Waals surface area contributed by atoms with Gasteiger partial charge in [0.15, 0.2) is 0 Å². The predicted octanol–water partition coefficient (Wildman–Crippen LogP) is 1.38. The third-order valence-corrected chi connectivity index (χ3v) is 3.74. The van der Waals surface area contributed by atoms with Gasteiger partial charge in [0.05, 0.1) is 6.61 Å². The van der Waals surface area contributed by atoms with Crippen LogP contribution >= 0.6 is 0 Å². The van der Waals surface area contributed by atoms with E-state index in [0.717, 1.165) is 17.7 Å². The van der Waals surface area contributed by atoms with Gasteiger partial charge in [-0.2, -0.15) is 0 Å². The van der Waals surface area contributed by atoms with Gasteiger partial charge in [0.25, 0.3) is 5.91 Å². The van der Waals surface area contributed by atoms with Crippen LogP contribution in [0.3, 0.4) is 0 Å². The van der Waals surface area contributed by atoms with Crippen molar-refractivity contribution in [2.75, 3.05) is 24.6 Å². The molecule has 0 aliphatic carbocycles. The van der Waals surface area contributed by atoms with E-state index >= 15 is 0 Å². The number of anilines is 1. The van der Waals surface area contributed by atoms with E-state index in [1.165, 1.54) is 6.08 Å². The van der Waals surface area contributed by atoms with Crippen LogP contribution in [-0.4, -0.2) is 43.6 Å². The van der Waals surface area contributed by atoms with Crippen LogP contribution in [0.15, 0.2) is 36.4 Å². The molecule has 0 radical (unpaired) electrons. The minimum Gasteiger partial charge on any atom is -0.450 e. The molecule has 1 aromatic carbocycles. The number of para-hydroxylation sites is 1. The fourth-order valence-electron chi connectivity index (χ4n) is 2.57. The highest BCUT2D eigenvalue weighted by atomic mass is 16.5. The number of hydrogen-bond acceptors (Lipinski definition) is 4. The van der Waals surface area contributed by atoms with Gasteiger partial charge in [0, 0.05) is 24.4 Å². The van der Waals surface area contributed by atoms with E-state index < -0.39 is 6.09 Å². The molecule has 0 unspecified atom stereocenters. The van der Waals surface area contributed by atoms with E-state index in [-0.39, 0.29) is 31.0 Å². The summed E-state index contributed by atoms with van der Waals surface area (Å²) in [5.74, 6) is -0.472. The van der Waals surface area contributed by atoms with Gasteiger partial charge < -0.3 is 20.3 Å². The van der Waals surface area contributed by atoms with Crippen LogP contribution in [0.5, 0.6) is 0 Å². The summed E-state index contributed by atoms with van der Waals surface area (Å²) in [7, 11) is 0. The Morgan fingerprint density at radius 2 is 2.08 bits per heavy atom. The van der Waals surface area contributed by atoms with E-state index in [1.807, 2.05) is 24.3 Å². The maximum absolute atomic E-state index is 12.3. The highest BCUT2D eigenvalue weighted by Gasteiger charge is 2.22. The molecule has 3 amide bonds. The number of nitrogens with zero attached hydrogens (tertiary/aromatic N) is 1. The molecule has 7 nitrogen and oxygen atoms in total. The number of carbonyl (C=O) groups excluding carboxylic acids is 3. The van der Waals surface area contributed by atoms with E-state index in [1.54, 1.807) is 24.8 Å². The van der Waals surface area contributed by atoms with E-state index in [9.17, 15) is 14.4 Å². The molecular weight excluding hydrogens is 322 g/mol. The topological polar surface area (TPSA) is 87.7 Å². The van der Waals surface area contributed by atoms with Crippen molar-refractivity contribution in [1.29, 1.82) is 0 Å². The first-order valence-corrected chi connectivity index (χ1v) is 8.29. The minimum atomic E-state index is -0.635. The first-order valence-electron chi connectivity index (χ1n) is 8.29. The van der Waals surface area contributed by atoms with Crippen molar-refractivity contribution in [2.24, 2.45) is 0 Å². The van der Waals surface area contributed by atoms with E-state index in [2.05, 4.69) is 15.4 Å². The molecule has 1 aliphatic rings. The van der Waals surface area contributed by atoms with Crippen LogP contribution < -0.4 is 15.5 Å². The molecule has 25 heavy (non-hydrogen) atoms. The quantitative estimate of drug-likeness (QED) is 0.763. The third-order valence-electron chi connectivity index (χ3n) is 3.74. The number of benzene rings is 1. The Morgan fingerprint density at radius 1 is 1.32 bits per heavy atom. The van der Waals surface area contributed by atoms with Gasteiger partial charge in [-0.05, 0) is 31.9 Å². The Hall–Kier alpha value is -2.83. The van der Waals surface area contributed by atoms with Gasteiger partial charge in [-0.1, -0.05) is 24.3 Å². The van der Waals surface area contributed by atoms with E-state index in [0.29, 0.717) is 6.54 Å². The average Bonchev–Trinajstić information content (AvgIpc) is 3.02. The van der Waals surface area contributed by atoms with Crippen LogP contribution in [0.25, 0.3) is 0 Å². The lowest BCUT2D eigenvalue weighted by atomic mass is 10.2. The summed E-state index contributed by atoms with van der Waals surface area (Å²) in [4.78, 5) is 36.9. The molecule has 0 aromatic heterocycles. The number of rotatable bonds is 6. The highest BCUT2D eigenvalue weighted by Crippen LogP contribution is 2.27. The van der Waals surface area contributed by atoms with Crippen molar-refractivity contribution in [2.45, 2.75) is 26.3 Å². The average molecular weight is 345 g/mol. The molecule has 134 valence electrons. The van der Waals surface area contributed by atoms with Crippen LogP contribution in [0.2, 0.25) is 0 Å². The Bertz CT molecular complexity index is 672. The normalized spacial score (nSPS) is 14.1. The van der Waals surface area contributed by atoms with Crippen molar-refractivity contribution >= 4 is 23.6 Å². The smallest absolute Gasteiger partial charge is 0.407 e. The second-order valence-electron chi connectivity index (χ2n) is 5.66. The van der Waals surface area contributed by atoms with Crippen molar-refractivity contribution in [1.82, 2.24) is 10.6 Å². The number of amides is 3. The molecular formula is C18H23N3O4. The fraction of sp³-hybridized carbons (Fsp3) is 0.389. The van der Waals surface area contributed by atoms with Crippen LogP contribution in [0.1, 0.15) is 19.4 Å². The summed E-state index contributed by atoms with van der Waals surface area (Å²) in [6.45, 7) is 4.16. The largest absolute Gasteiger partial charge is 0.450 e. The molecule has 1 atom stereocenters. The number of alkyl carbamates (subject to hydrolysis) is 1. The third kappa shape index (κ3) is 5.34. The maximum atomic E-state index is 12.3. The summed E-state index contributed by atoms with van der Waals surface area (Å²) in [6, 6.07) is 7.49. The summed E-state index contributed by atoms with van der Waals surface area (Å²) in [5.41, 5.74) is 2.10. The molecule has 0 saturated carbocycles. The van der Waals surface area contributed by atoms with Gasteiger partial charge in [0.2, 0.25) is 5.91 Å². The summed E-state index contributed by atoms with van der Waals surface area (Å²) >= 11 is 0. The lowest BCUT2D eigenvalue weighted by Crippen LogP contribution is -2.40. The molecule has 0 spiro atoms. The Morgan fingerprint density at radius 3 is 2.84 bits per heavy atom. The van der Waals surface area contributed by atoms with Gasteiger partial charge in [-0.25, -0.2) is 4.79 Å². The summed E-state index contributed by atoms with van der Waals surface area (Å²) in [6.07, 6.45) is 3.31. The zero-order chi connectivity index (χ0) is 18.2. The SMILES string of the molecule is CCOC(=O)NCC(=O)N[C@@H](C)/C=C/C(=O)N1CCc2ccccc21. The predicted molar refractivity (Wildman–Crippen MR) is 94.3 cm³/mol. The minimum absolute atomic E-state index is 0.115. The van der Waals surface area contributed by atoms with Crippen molar-refractivity contribution < 1.29 is 19.1 Å². The second kappa shape index (κ2) is 8.86. The Balaban J connectivity index is 1.80. The molecule has 1 heterocycles. The Labute approximate surface area is 147 Å². The van der Waals surface area contributed by atoms with Crippen LogP contribution in [-0.2, 0) is 20.7 Å². The first-order chi connectivity index (χ1) is 12.0. The molecule has 0 fully saturated rings. The van der Waals surface area contributed by atoms with Crippen LogP contribution in [0, 0.1) is 0 Å². The molecule has 0 saturated heterocycles. The fourth-order valence-corrected chi connectivity index (χ4v) is 2.57. The number of nitrogens with one attached hydrogen (secondary N) is 2. The Kier molecular flexibility index (Phi) is 6.56. The van der Waals surface area contributed by atoms with Crippen molar-refractivity contribution in [3.63, 3.8) is 0 Å². The van der Waals surface area contributed by atoms with Gasteiger partial charge in [-0.15, -0.1) is 0 Å². The van der Waals surface area contributed by atoms with Crippen molar-refractivity contribution in [3.8, 4) is 0 Å². The lowest BCUT2D eigenvalue weighted by Gasteiger charge is -2.15. The van der Waals surface area contributed by atoms with Crippen LogP contribution in [0.4, 0.5) is 10.5 Å². The zero-order valence-corrected chi connectivity index (χ0v) is 14.5. The molecule has 2 rings (SSSR count). The highest BCUT2D eigenvalue weighted by molar-refractivity contribution is 6.03. The maximum Gasteiger partial charge on any atom is 0.407 e. The molecule has 2 N–H and O–H groups in total. The number of carbonyl (C=O) groups is 3. The number of hydrogen-bond donors (Lipinski definition) is 2. The first kappa shape index (κ1) is 18.5. The summed E-state index contributed by atoms with van der Waals surface area (Å²) in [5, 5.41) is 5.01. The van der Waals surface area contributed by atoms with Gasteiger partial charge in [-0.3, -0.25) is 9.59 Å². The van der Waals surface area contributed by atoms with Crippen molar-refractivity contribution in [3.05, 3.63) is 42.0 Å². The molecule has 0 bridgehead atoms. The van der Waals surface area contributed by atoms with Gasteiger partial charge in [0.1, 0.15) is 6.54 Å². The molecule has 1 aromatic rings.